The Morgan fingerprint density at radius 1 is 1.33 bits per heavy atom. The first-order chi connectivity index (χ1) is 5.41. The van der Waals surface area contributed by atoms with Gasteiger partial charge in [-0.15, -0.1) is 0 Å². The van der Waals surface area contributed by atoms with Gasteiger partial charge in [0.05, 0.1) is 6.20 Å². The molecule has 8 heteroatoms. The summed E-state index contributed by atoms with van der Waals surface area (Å²) in [5.41, 5.74) is 10.4. The number of rotatable bonds is 1. The Balaban J connectivity index is 3.39. The van der Waals surface area contributed by atoms with Crippen LogP contribution in [0.1, 0.15) is 0 Å². The Hall–Kier alpha value is -1.41. The van der Waals surface area contributed by atoms with Crippen molar-refractivity contribution in [2.24, 2.45) is 5.14 Å². The van der Waals surface area contributed by atoms with E-state index in [2.05, 4.69) is 9.97 Å². The zero-order chi connectivity index (χ0) is 9.35. The van der Waals surface area contributed by atoms with E-state index < -0.39 is 10.0 Å². The van der Waals surface area contributed by atoms with E-state index in [4.69, 9.17) is 16.6 Å². The zero-order valence-corrected chi connectivity index (χ0v) is 6.75. The molecular weight excluding hydrogens is 182 g/mol. The number of nitrogens with two attached hydrogens (primary N) is 3. The average molecular weight is 189 g/mol. The molecule has 0 saturated heterocycles. The van der Waals surface area contributed by atoms with Gasteiger partial charge in [-0.3, -0.25) is 0 Å². The molecule has 0 aliphatic heterocycles. The van der Waals surface area contributed by atoms with E-state index in [1.165, 1.54) is 0 Å². The second-order valence-corrected chi connectivity index (χ2v) is 3.55. The topological polar surface area (TPSA) is 138 Å². The third kappa shape index (κ3) is 1.60. The lowest BCUT2D eigenvalue weighted by atomic mass is 10.6. The predicted octanol–water partition coefficient (Wildman–Crippen LogP) is -1.71. The Morgan fingerprint density at radius 2 is 1.92 bits per heavy atom. The maximum absolute atomic E-state index is 10.7. The highest BCUT2D eigenvalue weighted by Crippen LogP contribution is 2.12. The summed E-state index contributed by atoms with van der Waals surface area (Å²) in [4.78, 5) is 6.54. The van der Waals surface area contributed by atoms with Crippen molar-refractivity contribution in [3.8, 4) is 0 Å². The minimum absolute atomic E-state index is 0.0973. The monoisotopic (exact) mass is 189 g/mol. The molecule has 1 aromatic heterocycles. The highest BCUT2D eigenvalue weighted by molar-refractivity contribution is 7.89. The molecule has 0 atom stereocenters. The summed E-state index contributed by atoms with van der Waals surface area (Å²) in [7, 11) is -3.86. The van der Waals surface area contributed by atoms with Gasteiger partial charge in [0.1, 0.15) is 10.7 Å². The van der Waals surface area contributed by atoms with E-state index in [1.54, 1.807) is 0 Å². The van der Waals surface area contributed by atoms with Gasteiger partial charge >= 0.3 is 0 Å². The average Bonchev–Trinajstić information content (AvgIpc) is 1.83. The number of aromatic nitrogens is 2. The molecule has 12 heavy (non-hydrogen) atoms. The van der Waals surface area contributed by atoms with E-state index in [-0.39, 0.29) is 16.7 Å². The molecule has 0 aliphatic carbocycles. The summed E-state index contributed by atoms with van der Waals surface area (Å²) >= 11 is 0. The van der Waals surface area contributed by atoms with Crippen LogP contribution < -0.4 is 16.6 Å². The first-order valence-electron chi connectivity index (χ1n) is 2.82. The van der Waals surface area contributed by atoms with Gasteiger partial charge in [0.15, 0.2) is 0 Å². The second-order valence-electron chi connectivity index (χ2n) is 2.02. The van der Waals surface area contributed by atoms with Crippen LogP contribution in [-0.4, -0.2) is 18.4 Å². The zero-order valence-electron chi connectivity index (χ0n) is 5.93. The Morgan fingerprint density at radius 3 is 2.33 bits per heavy atom. The largest absolute Gasteiger partial charge is 0.382 e. The summed E-state index contributed by atoms with van der Waals surface area (Å²) < 4.78 is 21.5. The molecule has 0 unspecified atom stereocenters. The Labute approximate surface area is 68.7 Å². The van der Waals surface area contributed by atoms with Crippen LogP contribution in [0.3, 0.4) is 0 Å². The molecule has 0 saturated carbocycles. The van der Waals surface area contributed by atoms with Crippen molar-refractivity contribution >= 4 is 21.8 Å². The van der Waals surface area contributed by atoms with E-state index in [0.717, 1.165) is 6.20 Å². The van der Waals surface area contributed by atoms with Crippen LogP contribution in [0.4, 0.5) is 11.8 Å². The minimum atomic E-state index is -3.86. The minimum Gasteiger partial charge on any atom is -0.382 e. The van der Waals surface area contributed by atoms with Gasteiger partial charge in [-0.1, -0.05) is 0 Å². The normalized spacial score (nSPS) is 11.4. The fourth-order valence-corrected chi connectivity index (χ4v) is 1.15. The van der Waals surface area contributed by atoms with Gasteiger partial charge < -0.3 is 11.5 Å². The molecule has 6 N–H and O–H groups in total. The van der Waals surface area contributed by atoms with Crippen molar-refractivity contribution in [1.29, 1.82) is 0 Å². The number of nitrogen functional groups attached to an aromatic ring is 2. The lowest BCUT2D eigenvalue weighted by molar-refractivity contribution is 0.597. The van der Waals surface area contributed by atoms with Crippen LogP contribution >= 0.6 is 0 Å². The molecule has 1 aromatic rings. The molecule has 7 nitrogen and oxygen atoms in total. The van der Waals surface area contributed by atoms with Crippen molar-refractivity contribution < 1.29 is 8.42 Å². The molecule has 0 radical (unpaired) electrons. The summed E-state index contributed by atoms with van der Waals surface area (Å²) in [5.74, 6) is -0.343. The van der Waals surface area contributed by atoms with Gasteiger partial charge in [-0.25, -0.2) is 18.5 Å². The van der Waals surface area contributed by atoms with E-state index in [0.29, 0.717) is 0 Å². The highest BCUT2D eigenvalue weighted by atomic mass is 32.2. The standard InChI is InChI=1S/C4H7N5O2S/c5-3-2(12(7,10)11)1-8-4(6)9-3/h1H,(H2,7,10,11)(H4,5,6,8,9). The molecule has 0 fully saturated rings. The van der Waals surface area contributed by atoms with Crippen molar-refractivity contribution in [2.45, 2.75) is 4.90 Å². The van der Waals surface area contributed by atoms with Gasteiger partial charge in [0, 0.05) is 0 Å². The molecule has 0 amide bonds. The molecule has 0 spiro atoms. The fourth-order valence-electron chi connectivity index (χ4n) is 0.617. The predicted molar refractivity (Wildman–Crippen MR) is 42.2 cm³/mol. The second kappa shape index (κ2) is 2.57. The van der Waals surface area contributed by atoms with E-state index in [1.807, 2.05) is 0 Å². The summed E-state index contributed by atoms with van der Waals surface area (Å²) in [6, 6.07) is 0. The Bertz CT molecular complexity index is 400. The molecule has 1 heterocycles. The number of hydrogen-bond acceptors (Lipinski definition) is 6. The van der Waals surface area contributed by atoms with Gasteiger partial charge in [0.2, 0.25) is 16.0 Å². The Kier molecular flexibility index (Phi) is 1.86. The fraction of sp³-hybridized carbons (Fsp3) is 0. The molecule has 0 aromatic carbocycles. The van der Waals surface area contributed by atoms with Gasteiger partial charge in [-0.05, 0) is 0 Å². The number of sulfonamides is 1. The molecular formula is C4H7N5O2S. The van der Waals surface area contributed by atoms with Gasteiger partial charge in [-0.2, -0.15) is 4.98 Å². The molecule has 66 valence electrons. The first kappa shape index (κ1) is 8.68. The maximum Gasteiger partial charge on any atom is 0.243 e. The van der Waals surface area contributed by atoms with Crippen molar-refractivity contribution in [2.75, 3.05) is 11.5 Å². The van der Waals surface area contributed by atoms with Crippen LogP contribution in [0.5, 0.6) is 0 Å². The van der Waals surface area contributed by atoms with Crippen LogP contribution in [0.15, 0.2) is 11.1 Å². The number of hydrogen-bond donors (Lipinski definition) is 3. The summed E-state index contributed by atoms with van der Waals surface area (Å²) in [6.07, 6.45) is 0.965. The number of anilines is 2. The van der Waals surface area contributed by atoms with Crippen molar-refractivity contribution in [3.05, 3.63) is 6.20 Å². The lowest BCUT2D eigenvalue weighted by Crippen LogP contribution is -2.16. The smallest absolute Gasteiger partial charge is 0.243 e. The van der Waals surface area contributed by atoms with Crippen molar-refractivity contribution in [1.82, 2.24) is 9.97 Å². The quantitative estimate of drug-likeness (QED) is 0.480. The van der Waals surface area contributed by atoms with Gasteiger partial charge in [0.25, 0.3) is 0 Å². The van der Waals surface area contributed by atoms with Crippen molar-refractivity contribution in [3.63, 3.8) is 0 Å². The number of nitrogens with zero attached hydrogens (tertiary/aromatic N) is 2. The summed E-state index contributed by atoms with van der Waals surface area (Å²) in [5, 5.41) is 4.78. The van der Waals surface area contributed by atoms with E-state index >= 15 is 0 Å². The lowest BCUT2D eigenvalue weighted by Gasteiger charge is -2.00. The van der Waals surface area contributed by atoms with Crippen LogP contribution in [0.25, 0.3) is 0 Å². The van der Waals surface area contributed by atoms with E-state index in [9.17, 15) is 8.42 Å². The van der Waals surface area contributed by atoms with Crippen LogP contribution in [0, 0.1) is 0 Å². The summed E-state index contributed by atoms with van der Waals surface area (Å²) in [6.45, 7) is 0. The highest BCUT2D eigenvalue weighted by Gasteiger charge is 2.13. The first-order valence-corrected chi connectivity index (χ1v) is 4.36. The molecule has 0 bridgehead atoms. The van der Waals surface area contributed by atoms with Crippen LogP contribution in [-0.2, 0) is 10.0 Å². The third-order valence-electron chi connectivity index (χ3n) is 1.11. The molecule has 1 rings (SSSR count). The molecule has 0 aliphatic rings. The third-order valence-corrected chi connectivity index (χ3v) is 2.04. The number of primary sulfonamides is 1. The van der Waals surface area contributed by atoms with Crippen LogP contribution in [0.2, 0.25) is 0 Å². The SMILES string of the molecule is Nc1ncc(S(N)(=O)=O)c(N)n1. The maximum atomic E-state index is 10.7.